The maximum Gasteiger partial charge on any atom is 0.309 e. The van der Waals surface area contributed by atoms with E-state index >= 15 is 0 Å². The van der Waals surface area contributed by atoms with Crippen molar-refractivity contribution >= 4 is 11.9 Å². The van der Waals surface area contributed by atoms with Gasteiger partial charge in [0, 0.05) is 5.92 Å². The fraction of sp³-hybridized carbons (Fsp3) is 0.385. The number of carboxylic acids is 2. The van der Waals surface area contributed by atoms with Crippen LogP contribution in [0.1, 0.15) is 31.7 Å². The van der Waals surface area contributed by atoms with Gasteiger partial charge < -0.3 is 10.2 Å². The van der Waals surface area contributed by atoms with Gasteiger partial charge in [0.1, 0.15) is 0 Å². The number of rotatable bonds is 5. The Morgan fingerprint density at radius 2 is 1.71 bits per heavy atom. The summed E-state index contributed by atoms with van der Waals surface area (Å²) in [5.74, 6) is -2.53. The molecule has 0 heterocycles. The van der Waals surface area contributed by atoms with Crippen LogP contribution in [0.15, 0.2) is 30.3 Å². The van der Waals surface area contributed by atoms with Crippen LogP contribution in [-0.2, 0) is 9.59 Å². The molecule has 1 aromatic rings. The molecule has 0 aliphatic heterocycles. The van der Waals surface area contributed by atoms with E-state index in [1.54, 1.807) is 38.1 Å². The van der Waals surface area contributed by atoms with Gasteiger partial charge in [0.05, 0.1) is 11.8 Å². The van der Waals surface area contributed by atoms with E-state index in [2.05, 4.69) is 0 Å². The fourth-order valence-corrected chi connectivity index (χ4v) is 1.80. The van der Waals surface area contributed by atoms with Crippen LogP contribution in [0.4, 0.5) is 0 Å². The molecular formula is C13H16O4. The molecule has 0 amide bonds. The van der Waals surface area contributed by atoms with Crippen molar-refractivity contribution < 1.29 is 19.8 Å². The van der Waals surface area contributed by atoms with E-state index in [9.17, 15) is 14.7 Å². The lowest BCUT2D eigenvalue weighted by Gasteiger charge is -2.29. The average Bonchev–Trinajstić information content (AvgIpc) is 2.26. The van der Waals surface area contributed by atoms with E-state index in [0.717, 1.165) is 5.56 Å². The van der Waals surface area contributed by atoms with Crippen molar-refractivity contribution in [3.05, 3.63) is 35.9 Å². The van der Waals surface area contributed by atoms with Crippen LogP contribution in [0.2, 0.25) is 0 Å². The number of carboxylic acid groups (broad SMARTS) is 2. The van der Waals surface area contributed by atoms with Gasteiger partial charge in [-0.05, 0) is 19.4 Å². The van der Waals surface area contributed by atoms with E-state index in [0.29, 0.717) is 0 Å². The van der Waals surface area contributed by atoms with Crippen molar-refractivity contribution in [2.75, 3.05) is 0 Å². The number of benzene rings is 1. The second-order valence-corrected chi connectivity index (χ2v) is 4.59. The number of hydrogen-bond donors (Lipinski definition) is 2. The Hall–Kier alpha value is -1.84. The molecule has 0 aliphatic rings. The Bertz CT molecular complexity index is 409. The minimum atomic E-state index is -1.11. The van der Waals surface area contributed by atoms with Crippen molar-refractivity contribution in [2.45, 2.75) is 26.2 Å². The predicted molar refractivity (Wildman–Crippen MR) is 62.9 cm³/mol. The maximum absolute atomic E-state index is 11.2. The number of carbonyl (C=O) groups is 2. The van der Waals surface area contributed by atoms with E-state index in [1.165, 1.54) is 0 Å². The predicted octanol–water partition coefficient (Wildman–Crippen LogP) is 2.36. The summed E-state index contributed by atoms with van der Waals surface area (Å²) in [6.07, 6.45) is -0.191. The van der Waals surface area contributed by atoms with E-state index < -0.39 is 23.3 Å². The Balaban J connectivity index is 3.13. The minimum Gasteiger partial charge on any atom is -0.481 e. The molecule has 1 rings (SSSR count). The third-order valence-corrected chi connectivity index (χ3v) is 3.00. The fourth-order valence-electron chi connectivity index (χ4n) is 1.80. The first kappa shape index (κ1) is 13.2. The van der Waals surface area contributed by atoms with Crippen molar-refractivity contribution in [2.24, 2.45) is 5.41 Å². The van der Waals surface area contributed by atoms with Gasteiger partial charge in [0.2, 0.25) is 0 Å². The largest absolute Gasteiger partial charge is 0.481 e. The lowest BCUT2D eigenvalue weighted by molar-refractivity contribution is -0.149. The van der Waals surface area contributed by atoms with Crippen LogP contribution in [0.5, 0.6) is 0 Å². The molecule has 1 atom stereocenters. The first-order valence-electron chi connectivity index (χ1n) is 5.36. The molecule has 0 bridgehead atoms. The van der Waals surface area contributed by atoms with Crippen molar-refractivity contribution in [3.63, 3.8) is 0 Å². The Morgan fingerprint density at radius 1 is 1.18 bits per heavy atom. The van der Waals surface area contributed by atoms with Crippen LogP contribution in [0, 0.1) is 5.41 Å². The molecule has 0 saturated carbocycles. The Kier molecular flexibility index (Phi) is 3.89. The highest BCUT2D eigenvalue weighted by Crippen LogP contribution is 2.38. The molecular weight excluding hydrogens is 220 g/mol. The molecule has 17 heavy (non-hydrogen) atoms. The molecule has 0 aromatic heterocycles. The average molecular weight is 236 g/mol. The van der Waals surface area contributed by atoms with Crippen molar-refractivity contribution in [1.29, 1.82) is 0 Å². The van der Waals surface area contributed by atoms with E-state index in [-0.39, 0.29) is 6.42 Å². The van der Waals surface area contributed by atoms with Gasteiger partial charge in [0.15, 0.2) is 0 Å². The minimum absolute atomic E-state index is 0.191. The van der Waals surface area contributed by atoms with Gasteiger partial charge in [-0.25, -0.2) is 0 Å². The third kappa shape index (κ3) is 3.06. The smallest absolute Gasteiger partial charge is 0.309 e. The molecule has 1 unspecified atom stereocenters. The molecule has 4 heteroatoms. The zero-order chi connectivity index (χ0) is 13.1. The second kappa shape index (κ2) is 4.99. The molecule has 0 spiro atoms. The quantitative estimate of drug-likeness (QED) is 0.822. The summed E-state index contributed by atoms with van der Waals surface area (Å²) in [4.78, 5) is 22.1. The molecule has 92 valence electrons. The summed E-state index contributed by atoms with van der Waals surface area (Å²) >= 11 is 0. The van der Waals surface area contributed by atoms with Gasteiger partial charge >= 0.3 is 11.9 Å². The first-order valence-corrected chi connectivity index (χ1v) is 5.36. The highest BCUT2D eigenvalue weighted by atomic mass is 16.4. The summed E-state index contributed by atoms with van der Waals surface area (Å²) < 4.78 is 0. The zero-order valence-electron chi connectivity index (χ0n) is 9.88. The third-order valence-electron chi connectivity index (χ3n) is 3.00. The highest BCUT2D eigenvalue weighted by Gasteiger charge is 2.38. The van der Waals surface area contributed by atoms with E-state index in [1.807, 2.05) is 6.07 Å². The van der Waals surface area contributed by atoms with Crippen LogP contribution in [-0.4, -0.2) is 22.2 Å². The molecule has 0 saturated heterocycles. The number of aliphatic carboxylic acids is 2. The number of hydrogen-bond acceptors (Lipinski definition) is 2. The summed E-state index contributed by atoms with van der Waals surface area (Å²) in [6.45, 7) is 3.10. The Morgan fingerprint density at radius 3 is 2.12 bits per heavy atom. The van der Waals surface area contributed by atoms with Crippen LogP contribution >= 0.6 is 0 Å². The summed E-state index contributed by atoms with van der Waals surface area (Å²) in [6, 6.07) is 8.90. The van der Waals surface area contributed by atoms with Gasteiger partial charge in [-0.15, -0.1) is 0 Å². The molecule has 0 aliphatic carbocycles. The molecule has 0 radical (unpaired) electrons. The topological polar surface area (TPSA) is 74.6 Å². The summed E-state index contributed by atoms with van der Waals surface area (Å²) in [5, 5.41) is 18.1. The van der Waals surface area contributed by atoms with Crippen molar-refractivity contribution in [3.8, 4) is 0 Å². The first-order chi connectivity index (χ1) is 7.85. The standard InChI is InChI=1S/C13H16O4/c1-13(2,12(16)17)10(8-11(14)15)9-6-4-3-5-7-9/h3-7,10H,8H2,1-2H3,(H,14,15)(H,16,17). The molecule has 1 aromatic carbocycles. The van der Waals surface area contributed by atoms with Crippen LogP contribution in [0.25, 0.3) is 0 Å². The van der Waals surface area contributed by atoms with Gasteiger partial charge in [0.25, 0.3) is 0 Å². The zero-order valence-corrected chi connectivity index (χ0v) is 9.88. The summed E-state index contributed by atoms with van der Waals surface area (Å²) in [5.41, 5.74) is -0.373. The monoisotopic (exact) mass is 236 g/mol. The normalized spacial score (nSPS) is 13.1. The molecule has 0 fully saturated rings. The van der Waals surface area contributed by atoms with Crippen LogP contribution < -0.4 is 0 Å². The molecule has 2 N–H and O–H groups in total. The highest BCUT2D eigenvalue weighted by molar-refractivity contribution is 5.77. The molecule has 4 nitrogen and oxygen atoms in total. The van der Waals surface area contributed by atoms with Crippen LogP contribution in [0.3, 0.4) is 0 Å². The van der Waals surface area contributed by atoms with Crippen molar-refractivity contribution in [1.82, 2.24) is 0 Å². The van der Waals surface area contributed by atoms with Gasteiger partial charge in [-0.3, -0.25) is 9.59 Å². The second-order valence-electron chi connectivity index (χ2n) is 4.59. The Labute approximate surface area is 99.9 Å². The SMILES string of the molecule is CC(C)(C(=O)O)C(CC(=O)O)c1ccccc1. The van der Waals surface area contributed by atoms with Gasteiger partial charge in [-0.2, -0.15) is 0 Å². The lowest BCUT2D eigenvalue weighted by atomic mass is 9.73. The summed E-state index contributed by atoms with van der Waals surface area (Å²) in [7, 11) is 0. The van der Waals surface area contributed by atoms with E-state index in [4.69, 9.17) is 5.11 Å². The maximum atomic E-state index is 11.2. The van der Waals surface area contributed by atoms with Gasteiger partial charge in [-0.1, -0.05) is 30.3 Å². The lowest BCUT2D eigenvalue weighted by Crippen LogP contribution is -2.32.